The summed E-state index contributed by atoms with van der Waals surface area (Å²) in [7, 11) is 1.64. The predicted molar refractivity (Wildman–Crippen MR) is 68.9 cm³/mol. The Bertz CT molecular complexity index is 457. The van der Waals surface area contributed by atoms with Gasteiger partial charge >= 0.3 is 0 Å². The third-order valence-electron chi connectivity index (χ3n) is 4.28. The molecular formula is C15H20O3. The number of rotatable bonds is 1. The van der Waals surface area contributed by atoms with Crippen LogP contribution in [0.5, 0.6) is 11.5 Å². The Morgan fingerprint density at radius 1 is 1.39 bits per heavy atom. The molecule has 1 spiro atoms. The summed E-state index contributed by atoms with van der Waals surface area (Å²) >= 11 is 0. The van der Waals surface area contributed by atoms with Gasteiger partial charge < -0.3 is 14.6 Å². The summed E-state index contributed by atoms with van der Waals surface area (Å²) in [6.07, 6.45) is 3.57. The molecule has 3 atom stereocenters. The van der Waals surface area contributed by atoms with Gasteiger partial charge in [0.05, 0.1) is 13.2 Å². The van der Waals surface area contributed by atoms with Crippen molar-refractivity contribution in [1.82, 2.24) is 0 Å². The fourth-order valence-corrected chi connectivity index (χ4v) is 3.37. The normalized spacial score (nSPS) is 34.2. The van der Waals surface area contributed by atoms with Crippen LogP contribution in [0.3, 0.4) is 0 Å². The molecule has 2 unspecified atom stereocenters. The second-order valence-corrected chi connectivity index (χ2v) is 5.76. The Morgan fingerprint density at radius 2 is 2.22 bits per heavy atom. The molecule has 0 bridgehead atoms. The van der Waals surface area contributed by atoms with E-state index in [1.165, 1.54) is 6.42 Å². The molecule has 18 heavy (non-hydrogen) atoms. The maximum Gasteiger partial charge on any atom is 0.126 e. The van der Waals surface area contributed by atoms with Gasteiger partial charge in [-0.2, -0.15) is 0 Å². The second-order valence-electron chi connectivity index (χ2n) is 5.76. The van der Waals surface area contributed by atoms with Crippen molar-refractivity contribution in [3.05, 3.63) is 23.8 Å². The number of aliphatic hydroxyl groups is 1. The summed E-state index contributed by atoms with van der Waals surface area (Å²) in [5.74, 6) is 2.28. The van der Waals surface area contributed by atoms with Gasteiger partial charge in [-0.15, -0.1) is 0 Å². The maximum absolute atomic E-state index is 10.4. The third kappa shape index (κ3) is 1.87. The Hall–Kier alpha value is -1.22. The molecule has 1 heterocycles. The Kier molecular flexibility index (Phi) is 2.74. The molecule has 0 aromatic heterocycles. The molecule has 1 aliphatic carbocycles. The predicted octanol–water partition coefficient (Wildman–Crippen LogP) is 3.07. The van der Waals surface area contributed by atoms with E-state index >= 15 is 0 Å². The fraction of sp³-hybridized carbons (Fsp3) is 0.600. The Balaban J connectivity index is 1.93. The number of benzene rings is 1. The molecule has 1 fully saturated rings. The van der Waals surface area contributed by atoms with Crippen LogP contribution in [0.4, 0.5) is 0 Å². The molecule has 98 valence electrons. The van der Waals surface area contributed by atoms with Crippen LogP contribution in [0, 0.1) is 5.92 Å². The summed E-state index contributed by atoms with van der Waals surface area (Å²) in [5.41, 5.74) is 0.722. The van der Waals surface area contributed by atoms with Crippen LogP contribution in [-0.2, 0) is 0 Å². The van der Waals surface area contributed by atoms with Crippen LogP contribution in [0.2, 0.25) is 0 Å². The highest BCUT2D eigenvalue weighted by Crippen LogP contribution is 2.49. The molecule has 0 radical (unpaired) electrons. The minimum Gasteiger partial charge on any atom is -0.497 e. The molecule has 0 amide bonds. The number of hydrogen-bond acceptors (Lipinski definition) is 3. The largest absolute Gasteiger partial charge is 0.497 e. The van der Waals surface area contributed by atoms with Gasteiger partial charge in [-0.3, -0.25) is 0 Å². The molecule has 3 nitrogen and oxygen atoms in total. The van der Waals surface area contributed by atoms with E-state index in [1.54, 1.807) is 7.11 Å². The minimum absolute atomic E-state index is 0.138. The van der Waals surface area contributed by atoms with Crippen LogP contribution < -0.4 is 9.47 Å². The van der Waals surface area contributed by atoms with E-state index in [0.717, 1.165) is 29.9 Å². The maximum atomic E-state index is 10.4. The van der Waals surface area contributed by atoms with Gasteiger partial charge in [0.1, 0.15) is 17.1 Å². The second kappa shape index (κ2) is 4.16. The van der Waals surface area contributed by atoms with E-state index in [9.17, 15) is 5.11 Å². The summed E-state index contributed by atoms with van der Waals surface area (Å²) in [4.78, 5) is 0. The lowest BCUT2D eigenvalue weighted by Gasteiger charge is -2.38. The number of ether oxygens (including phenoxy) is 2. The molecule has 3 heteroatoms. The summed E-state index contributed by atoms with van der Waals surface area (Å²) in [6, 6.07) is 5.69. The van der Waals surface area contributed by atoms with Gasteiger partial charge in [-0.1, -0.05) is 6.92 Å². The summed E-state index contributed by atoms with van der Waals surface area (Å²) < 4.78 is 11.4. The van der Waals surface area contributed by atoms with Crippen molar-refractivity contribution in [2.24, 2.45) is 5.92 Å². The van der Waals surface area contributed by atoms with E-state index in [1.807, 2.05) is 18.2 Å². The van der Waals surface area contributed by atoms with Crippen LogP contribution >= 0.6 is 0 Å². The highest BCUT2D eigenvalue weighted by molar-refractivity contribution is 5.43. The van der Waals surface area contributed by atoms with Gasteiger partial charge in [0.2, 0.25) is 0 Å². The van der Waals surface area contributed by atoms with Crippen LogP contribution in [-0.4, -0.2) is 17.8 Å². The fourth-order valence-electron chi connectivity index (χ4n) is 3.37. The molecule has 1 saturated carbocycles. The lowest BCUT2D eigenvalue weighted by Crippen LogP contribution is -2.38. The van der Waals surface area contributed by atoms with Gasteiger partial charge in [-0.05, 0) is 43.4 Å². The van der Waals surface area contributed by atoms with Gasteiger partial charge in [0.15, 0.2) is 0 Å². The molecule has 3 rings (SSSR count). The first-order valence-electron chi connectivity index (χ1n) is 6.67. The molecule has 0 saturated heterocycles. The van der Waals surface area contributed by atoms with Crippen molar-refractivity contribution in [2.45, 2.75) is 44.3 Å². The standard InChI is InChI=1S/C15H20O3/c1-10-5-6-15(8-10)9-13(16)12-7-11(17-2)3-4-14(12)18-15/h3-4,7,10,13,16H,5-6,8-9H2,1-2H3/t10?,13-,15?/m0/s1. The van der Waals surface area contributed by atoms with Crippen molar-refractivity contribution in [1.29, 1.82) is 0 Å². The first-order valence-corrected chi connectivity index (χ1v) is 6.67. The van der Waals surface area contributed by atoms with E-state index in [4.69, 9.17) is 9.47 Å². The molecule has 2 aliphatic rings. The highest BCUT2D eigenvalue weighted by Gasteiger charge is 2.45. The van der Waals surface area contributed by atoms with E-state index in [-0.39, 0.29) is 5.60 Å². The lowest BCUT2D eigenvalue weighted by atomic mass is 9.87. The van der Waals surface area contributed by atoms with Crippen LogP contribution in [0.15, 0.2) is 18.2 Å². The minimum atomic E-state index is -0.436. The number of methoxy groups -OCH3 is 1. The van der Waals surface area contributed by atoms with Gasteiger partial charge in [-0.25, -0.2) is 0 Å². The number of aliphatic hydroxyl groups excluding tert-OH is 1. The zero-order chi connectivity index (χ0) is 12.8. The summed E-state index contributed by atoms with van der Waals surface area (Å²) in [6.45, 7) is 2.26. The molecule has 1 N–H and O–H groups in total. The summed E-state index contributed by atoms with van der Waals surface area (Å²) in [5, 5.41) is 10.4. The monoisotopic (exact) mass is 248 g/mol. The SMILES string of the molecule is COc1ccc2c(c1)[C@@H](O)CC1(CCC(C)C1)O2. The Labute approximate surface area is 108 Å². The quantitative estimate of drug-likeness (QED) is 0.830. The molecule has 1 aromatic rings. The van der Waals surface area contributed by atoms with Crippen LogP contribution in [0.25, 0.3) is 0 Å². The molecule has 1 aromatic carbocycles. The Morgan fingerprint density at radius 3 is 2.89 bits per heavy atom. The number of fused-ring (bicyclic) bond motifs is 1. The van der Waals surface area contributed by atoms with Crippen molar-refractivity contribution >= 4 is 0 Å². The average Bonchev–Trinajstić information content (AvgIpc) is 2.70. The first-order chi connectivity index (χ1) is 8.62. The topological polar surface area (TPSA) is 38.7 Å². The highest BCUT2D eigenvalue weighted by atomic mass is 16.5. The van der Waals surface area contributed by atoms with E-state index < -0.39 is 6.10 Å². The van der Waals surface area contributed by atoms with Crippen molar-refractivity contribution in [3.8, 4) is 11.5 Å². The van der Waals surface area contributed by atoms with Crippen molar-refractivity contribution in [3.63, 3.8) is 0 Å². The van der Waals surface area contributed by atoms with Crippen molar-refractivity contribution in [2.75, 3.05) is 7.11 Å². The number of hydrogen-bond donors (Lipinski definition) is 1. The first kappa shape index (κ1) is 11.8. The van der Waals surface area contributed by atoms with Crippen LogP contribution in [0.1, 0.15) is 44.3 Å². The van der Waals surface area contributed by atoms with Gasteiger partial charge in [0, 0.05) is 12.0 Å². The lowest BCUT2D eigenvalue weighted by molar-refractivity contribution is -0.0117. The molecular weight excluding hydrogens is 228 g/mol. The average molecular weight is 248 g/mol. The zero-order valence-electron chi connectivity index (χ0n) is 11.0. The van der Waals surface area contributed by atoms with E-state index in [0.29, 0.717) is 12.3 Å². The van der Waals surface area contributed by atoms with E-state index in [2.05, 4.69) is 6.92 Å². The van der Waals surface area contributed by atoms with Crippen molar-refractivity contribution < 1.29 is 14.6 Å². The van der Waals surface area contributed by atoms with Gasteiger partial charge in [0.25, 0.3) is 0 Å². The third-order valence-corrected chi connectivity index (χ3v) is 4.28. The molecule has 1 aliphatic heterocycles. The smallest absolute Gasteiger partial charge is 0.126 e. The zero-order valence-corrected chi connectivity index (χ0v) is 11.0.